The van der Waals surface area contributed by atoms with Crippen molar-refractivity contribution in [3.63, 3.8) is 0 Å². The first-order valence-electron chi connectivity index (χ1n) is 10.7. The number of fused-ring (bicyclic) bond motifs is 3. The van der Waals surface area contributed by atoms with Crippen molar-refractivity contribution >= 4 is 11.6 Å². The Morgan fingerprint density at radius 2 is 2.14 bits per heavy atom. The molecule has 5 rings (SSSR count). The van der Waals surface area contributed by atoms with Crippen molar-refractivity contribution in [2.45, 2.75) is 56.7 Å². The maximum atomic E-state index is 6.58. The first-order chi connectivity index (χ1) is 14.0. The van der Waals surface area contributed by atoms with E-state index in [-0.39, 0.29) is 17.2 Å². The minimum Gasteiger partial charge on any atom is -0.487 e. The largest absolute Gasteiger partial charge is 0.487 e. The van der Waals surface area contributed by atoms with Crippen molar-refractivity contribution in [3.8, 4) is 5.75 Å². The van der Waals surface area contributed by atoms with Crippen LogP contribution in [0, 0.1) is 11.3 Å². The second-order valence-corrected chi connectivity index (χ2v) is 10.0. The fourth-order valence-electron chi connectivity index (χ4n) is 5.36. The molecule has 1 aromatic carbocycles. The number of halogens is 1. The van der Waals surface area contributed by atoms with Crippen molar-refractivity contribution in [2.24, 2.45) is 11.3 Å². The number of hydrogen-bond acceptors (Lipinski definition) is 4. The van der Waals surface area contributed by atoms with Gasteiger partial charge in [0.25, 0.3) is 0 Å². The molecule has 156 valence electrons. The van der Waals surface area contributed by atoms with Crippen LogP contribution in [-0.2, 0) is 11.2 Å². The summed E-state index contributed by atoms with van der Waals surface area (Å²) in [6.07, 6.45) is 9.82. The molecule has 1 unspecified atom stereocenters. The Morgan fingerprint density at radius 1 is 1.31 bits per heavy atom. The Kier molecular flexibility index (Phi) is 4.88. The summed E-state index contributed by atoms with van der Waals surface area (Å²) in [5.41, 5.74) is 2.25. The standard InChI is InChI=1S/C23H30ClN3O2/c1-22(2)18-13-23(5-7-25-8-6-23)14-28-21(18)17-4-3-16(11-19(17)29-22)12-20(24)27-10-9-26-15-27/h3-4,9-11,15,18,20-21,25H,5-8,12-14H2,1-2H3/t18-,20?,21+/m0/s1. The molecule has 2 saturated heterocycles. The molecule has 0 amide bonds. The minimum atomic E-state index is -0.251. The number of rotatable bonds is 3. The van der Waals surface area contributed by atoms with Crippen LogP contribution in [0.1, 0.15) is 55.8 Å². The van der Waals surface area contributed by atoms with E-state index in [0.717, 1.165) is 37.4 Å². The molecule has 3 atom stereocenters. The van der Waals surface area contributed by atoms with Gasteiger partial charge in [-0.05, 0) is 63.2 Å². The minimum absolute atomic E-state index is 0.115. The summed E-state index contributed by atoms with van der Waals surface area (Å²) in [6.45, 7) is 7.49. The third kappa shape index (κ3) is 3.58. The van der Waals surface area contributed by atoms with Gasteiger partial charge in [0.05, 0.1) is 19.0 Å². The first kappa shape index (κ1) is 19.4. The molecular weight excluding hydrogens is 386 g/mol. The maximum Gasteiger partial charge on any atom is 0.126 e. The van der Waals surface area contributed by atoms with E-state index in [1.54, 1.807) is 12.5 Å². The highest BCUT2D eigenvalue weighted by Crippen LogP contribution is 2.55. The summed E-state index contributed by atoms with van der Waals surface area (Å²) in [5, 5.41) is 3.49. The highest BCUT2D eigenvalue weighted by molar-refractivity contribution is 6.19. The Morgan fingerprint density at radius 3 is 2.90 bits per heavy atom. The Bertz CT molecular complexity index is 861. The average Bonchev–Trinajstić information content (AvgIpc) is 3.24. The van der Waals surface area contributed by atoms with Crippen molar-refractivity contribution in [3.05, 3.63) is 48.0 Å². The van der Waals surface area contributed by atoms with Gasteiger partial charge < -0.3 is 19.4 Å². The van der Waals surface area contributed by atoms with Gasteiger partial charge in [0.15, 0.2) is 0 Å². The predicted octanol–water partition coefficient (Wildman–Crippen LogP) is 4.48. The number of nitrogens with one attached hydrogen (secondary N) is 1. The van der Waals surface area contributed by atoms with Crippen LogP contribution in [0.15, 0.2) is 36.9 Å². The van der Waals surface area contributed by atoms with Crippen molar-refractivity contribution in [1.29, 1.82) is 0 Å². The Balaban J connectivity index is 1.39. The van der Waals surface area contributed by atoms with Crippen LogP contribution in [0.5, 0.6) is 5.75 Å². The van der Waals surface area contributed by atoms with Gasteiger partial charge in [-0.2, -0.15) is 0 Å². The van der Waals surface area contributed by atoms with Crippen LogP contribution >= 0.6 is 11.6 Å². The molecule has 4 heterocycles. The van der Waals surface area contributed by atoms with Gasteiger partial charge in [0, 0.05) is 30.3 Å². The van der Waals surface area contributed by atoms with E-state index in [1.807, 2.05) is 10.8 Å². The number of alkyl halides is 1. The summed E-state index contributed by atoms with van der Waals surface area (Å²) < 4.78 is 15.1. The molecule has 1 N–H and O–H groups in total. The van der Waals surface area contributed by atoms with E-state index in [9.17, 15) is 0 Å². The fraction of sp³-hybridized carbons (Fsp3) is 0.609. The SMILES string of the molecule is CC1(C)Oc2cc(CC(Cl)n3ccnc3)ccc2[C@H]2OCC3(CCNCC3)C[C@@H]21. The topological polar surface area (TPSA) is 48.3 Å². The van der Waals surface area contributed by atoms with Crippen LogP contribution in [0.2, 0.25) is 0 Å². The summed E-state index contributed by atoms with van der Waals surface area (Å²) in [6, 6.07) is 6.51. The lowest BCUT2D eigenvalue weighted by molar-refractivity contribution is -0.169. The molecule has 6 heteroatoms. The van der Waals surface area contributed by atoms with Gasteiger partial charge in [0.2, 0.25) is 0 Å². The molecular formula is C23H30ClN3O2. The second-order valence-electron chi connectivity index (χ2n) is 9.52. The summed E-state index contributed by atoms with van der Waals surface area (Å²) in [7, 11) is 0. The summed E-state index contributed by atoms with van der Waals surface area (Å²) in [5.74, 6) is 1.32. The van der Waals surface area contributed by atoms with Crippen LogP contribution < -0.4 is 10.1 Å². The molecule has 3 aliphatic rings. The van der Waals surface area contributed by atoms with E-state index < -0.39 is 0 Å². The first-order valence-corrected chi connectivity index (χ1v) is 11.2. The van der Waals surface area contributed by atoms with Crippen molar-refractivity contribution in [1.82, 2.24) is 14.9 Å². The maximum absolute atomic E-state index is 6.58. The summed E-state index contributed by atoms with van der Waals surface area (Å²) in [4.78, 5) is 4.09. The monoisotopic (exact) mass is 415 g/mol. The smallest absolute Gasteiger partial charge is 0.126 e. The number of nitrogens with zero attached hydrogens (tertiary/aromatic N) is 2. The van der Waals surface area contributed by atoms with Gasteiger partial charge in [-0.15, -0.1) is 0 Å². The van der Waals surface area contributed by atoms with Crippen LogP contribution in [0.4, 0.5) is 0 Å². The van der Waals surface area contributed by atoms with Gasteiger partial charge in [-0.3, -0.25) is 0 Å². The molecule has 0 aliphatic carbocycles. The number of ether oxygens (including phenoxy) is 2. The third-order valence-corrected chi connectivity index (χ3v) is 7.53. The molecule has 5 nitrogen and oxygen atoms in total. The normalized spacial score (nSPS) is 28.2. The molecule has 2 aromatic rings. The van der Waals surface area contributed by atoms with E-state index >= 15 is 0 Å². The molecule has 0 bridgehead atoms. The van der Waals surface area contributed by atoms with Crippen molar-refractivity contribution < 1.29 is 9.47 Å². The molecule has 2 fully saturated rings. The van der Waals surface area contributed by atoms with E-state index in [4.69, 9.17) is 21.1 Å². The number of aromatic nitrogens is 2. The quantitative estimate of drug-likeness (QED) is 0.751. The Hall–Kier alpha value is -1.56. The number of benzene rings is 1. The molecule has 1 aromatic heterocycles. The third-order valence-electron chi connectivity index (χ3n) is 7.15. The highest BCUT2D eigenvalue weighted by atomic mass is 35.5. The molecule has 0 saturated carbocycles. The van der Waals surface area contributed by atoms with E-state index in [2.05, 4.69) is 42.3 Å². The van der Waals surface area contributed by atoms with Gasteiger partial charge in [0.1, 0.15) is 16.9 Å². The van der Waals surface area contributed by atoms with E-state index in [1.165, 1.54) is 24.8 Å². The molecule has 3 aliphatic heterocycles. The lowest BCUT2D eigenvalue weighted by Crippen LogP contribution is -2.53. The number of imidazole rings is 1. The van der Waals surface area contributed by atoms with Crippen molar-refractivity contribution in [2.75, 3.05) is 19.7 Å². The second kappa shape index (κ2) is 7.29. The number of hydrogen-bond donors (Lipinski definition) is 1. The number of piperidine rings is 1. The van der Waals surface area contributed by atoms with Crippen LogP contribution in [0.3, 0.4) is 0 Å². The summed E-state index contributed by atoms with van der Waals surface area (Å²) >= 11 is 6.57. The zero-order valence-corrected chi connectivity index (χ0v) is 18.0. The lowest BCUT2D eigenvalue weighted by Gasteiger charge is -2.53. The predicted molar refractivity (Wildman–Crippen MR) is 113 cm³/mol. The highest BCUT2D eigenvalue weighted by Gasteiger charge is 2.52. The molecule has 1 spiro atoms. The lowest BCUT2D eigenvalue weighted by atomic mass is 9.64. The van der Waals surface area contributed by atoms with Crippen LogP contribution in [-0.4, -0.2) is 34.8 Å². The molecule has 0 radical (unpaired) electrons. The fourth-order valence-corrected chi connectivity index (χ4v) is 5.65. The van der Waals surface area contributed by atoms with Crippen LogP contribution in [0.25, 0.3) is 0 Å². The zero-order chi connectivity index (χ0) is 20.1. The van der Waals surface area contributed by atoms with E-state index in [0.29, 0.717) is 11.3 Å². The van der Waals surface area contributed by atoms with Gasteiger partial charge in [-0.25, -0.2) is 4.98 Å². The van der Waals surface area contributed by atoms with Gasteiger partial charge in [-0.1, -0.05) is 23.7 Å². The average molecular weight is 416 g/mol. The Labute approximate surface area is 177 Å². The molecule has 29 heavy (non-hydrogen) atoms. The zero-order valence-electron chi connectivity index (χ0n) is 17.2. The van der Waals surface area contributed by atoms with Gasteiger partial charge >= 0.3 is 0 Å².